The summed E-state index contributed by atoms with van der Waals surface area (Å²) in [5, 5.41) is 8.78. The molecule has 0 saturated carbocycles. The highest BCUT2D eigenvalue weighted by atomic mass is 35.5. The van der Waals surface area contributed by atoms with Crippen molar-refractivity contribution in [2.45, 2.75) is 19.6 Å². The predicted octanol–water partition coefficient (Wildman–Crippen LogP) is 1.52. The molecule has 0 spiro atoms. The molecule has 2 N–H and O–H groups in total. The van der Waals surface area contributed by atoms with Crippen LogP contribution in [0.25, 0.3) is 0 Å². The standard InChI is InChI=1S/C13H18ClN5/c1-18(9-11-4-2-3-5-13(11)14)6-7-19-10-12(8-15)16-17-19/h2-5,10H,6-9,15H2,1H3. The second-order valence-electron chi connectivity index (χ2n) is 4.51. The molecule has 0 aliphatic heterocycles. The molecule has 2 rings (SSSR count). The smallest absolute Gasteiger partial charge is 0.0962 e. The van der Waals surface area contributed by atoms with Crippen LogP contribution in [0.15, 0.2) is 30.5 Å². The Hall–Kier alpha value is -1.43. The van der Waals surface area contributed by atoms with Crippen molar-refractivity contribution in [3.05, 3.63) is 46.7 Å². The molecular formula is C13H18ClN5. The van der Waals surface area contributed by atoms with E-state index < -0.39 is 0 Å². The number of likely N-dealkylation sites (N-methyl/N-ethyl adjacent to an activating group) is 1. The quantitative estimate of drug-likeness (QED) is 0.871. The van der Waals surface area contributed by atoms with E-state index >= 15 is 0 Å². The van der Waals surface area contributed by atoms with Crippen LogP contribution in [0, 0.1) is 0 Å². The van der Waals surface area contributed by atoms with Crippen LogP contribution in [0.5, 0.6) is 0 Å². The maximum Gasteiger partial charge on any atom is 0.0962 e. The van der Waals surface area contributed by atoms with Gasteiger partial charge in [-0.15, -0.1) is 5.10 Å². The molecular weight excluding hydrogens is 262 g/mol. The SMILES string of the molecule is CN(CCn1cc(CN)nn1)Cc1ccccc1Cl. The van der Waals surface area contributed by atoms with E-state index in [4.69, 9.17) is 17.3 Å². The fourth-order valence-electron chi connectivity index (χ4n) is 1.81. The lowest BCUT2D eigenvalue weighted by Gasteiger charge is -2.17. The molecule has 0 unspecified atom stereocenters. The van der Waals surface area contributed by atoms with Gasteiger partial charge in [0.2, 0.25) is 0 Å². The second-order valence-corrected chi connectivity index (χ2v) is 4.91. The Morgan fingerprint density at radius 2 is 2.16 bits per heavy atom. The summed E-state index contributed by atoms with van der Waals surface area (Å²) in [5.41, 5.74) is 7.44. The van der Waals surface area contributed by atoms with E-state index in [0.29, 0.717) is 6.54 Å². The normalized spacial score (nSPS) is 11.2. The Morgan fingerprint density at radius 1 is 1.37 bits per heavy atom. The Morgan fingerprint density at radius 3 is 2.84 bits per heavy atom. The lowest BCUT2D eigenvalue weighted by Crippen LogP contribution is -2.23. The van der Waals surface area contributed by atoms with Gasteiger partial charge in [0.05, 0.1) is 12.2 Å². The molecule has 0 aliphatic carbocycles. The van der Waals surface area contributed by atoms with Crippen LogP contribution in [0.3, 0.4) is 0 Å². The Kier molecular flexibility index (Phi) is 4.90. The molecule has 0 saturated heterocycles. The molecule has 0 aliphatic rings. The molecule has 2 aromatic rings. The summed E-state index contributed by atoms with van der Waals surface area (Å²) >= 11 is 6.14. The molecule has 6 heteroatoms. The number of halogens is 1. The Bertz CT molecular complexity index is 525. The van der Waals surface area contributed by atoms with Gasteiger partial charge in [0.1, 0.15) is 0 Å². The minimum Gasteiger partial charge on any atom is -0.325 e. The summed E-state index contributed by atoms with van der Waals surface area (Å²) in [7, 11) is 2.06. The average Bonchev–Trinajstić information content (AvgIpc) is 2.87. The Balaban J connectivity index is 1.84. The number of hydrogen-bond acceptors (Lipinski definition) is 4. The first-order valence-electron chi connectivity index (χ1n) is 6.20. The van der Waals surface area contributed by atoms with Crippen molar-refractivity contribution >= 4 is 11.6 Å². The van der Waals surface area contributed by atoms with Crippen LogP contribution in [-0.4, -0.2) is 33.5 Å². The number of benzene rings is 1. The molecule has 1 aromatic heterocycles. The van der Waals surface area contributed by atoms with Crippen LogP contribution < -0.4 is 5.73 Å². The first-order valence-corrected chi connectivity index (χ1v) is 6.58. The van der Waals surface area contributed by atoms with E-state index in [2.05, 4.69) is 22.3 Å². The molecule has 5 nitrogen and oxygen atoms in total. The summed E-state index contributed by atoms with van der Waals surface area (Å²) in [6.45, 7) is 2.90. The van der Waals surface area contributed by atoms with E-state index in [9.17, 15) is 0 Å². The number of hydrogen-bond donors (Lipinski definition) is 1. The van der Waals surface area contributed by atoms with E-state index in [0.717, 1.165) is 35.9 Å². The number of rotatable bonds is 6. The minimum atomic E-state index is 0.426. The minimum absolute atomic E-state index is 0.426. The third kappa shape index (κ3) is 4.02. The van der Waals surface area contributed by atoms with Crippen LogP contribution in [0.4, 0.5) is 0 Å². The van der Waals surface area contributed by atoms with Crippen LogP contribution in [0.1, 0.15) is 11.3 Å². The van der Waals surface area contributed by atoms with Gasteiger partial charge in [0.15, 0.2) is 0 Å². The second kappa shape index (κ2) is 6.65. The van der Waals surface area contributed by atoms with Gasteiger partial charge < -0.3 is 10.6 Å². The van der Waals surface area contributed by atoms with E-state index in [1.165, 1.54) is 0 Å². The molecule has 0 fully saturated rings. The number of aromatic nitrogens is 3. The maximum absolute atomic E-state index is 6.14. The zero-order chi connectivity index (χ0) is 13.7. The number of nitrogens with zero attached hydrogens (tertiary/aromatic N) is 4. The Labute approximate surface area is 118 Å². The fraction of sp³-hybridized carbons (Fsp3) is 0.385. The lowest BCUT2D eigenvalue weighted by molar-refractivity contribution is 0.304. The molecule has 0 radical (unpaired) electrons. The van der Waals surface area contributed by atoms with Gasteiger partial charge >= 0.3 is 0 Å². The van der Waals surface area contributed by atoms with Crippen LogP contribution in [-0.2, 0) is 19.6 Å². The lowest BCUT2D eigenvalue weighted by atomic mass is 10.2. The van der Waals surface area contributed by atoms with Gasteiger partial charge in [-0.1, -0.05) is 35.0 Å². The van der Waals surface area contributed by atoms with Crippen molar-refractivity contribution in [1.82, 2.24) is 19.9 Å². The molecule has 0 bridgehead atoms. The van der Waals surface area contributed by atoms with Crippen molar-refractivity contribution in [3.63, 3.8) is 0 Å². The molecule has 102 valence electrons. The average molecular weight is 280 g/mol. The highest BCUT2D eigenvalue weighted by Crippen LogP contribution is 2.16. The van der Waals surface area contributed by atoms with Gasteiger partial charge in [0, 0.05) is 30.9 Å². The summed E-state index contributed by atoms with van der Waals surface area (Å²) in [6, 6.07) is 7.89. The molecule has 0 amide bonds. The van der Waals surface area contributed by atoms with E-state index in [1.807, 2.05) is 35.1 Å². The maximum atomic E-state index is 6.14. The summed E-state index contributed by atoms with van der Waals surface area (Å²) in [4.78, 5) is 2.20. The molecule has 0 atom stereocenters. The highest BCUT2D eigenvalue weighted by Gasteiger charge is 2.05. The van der Waals surface area contributed by atoms with Gasteiger partial charge in [-0.05, 0) is 18.7 Å². The molecule has 19 heavy (non-hydrogen) atoms. The summed E-state index contributed by atoms with van der Waals surface area (Å²) in [6.07, 6.45) is 1.88. The zero-order valence-electron chi connectivity index (χ0n) is 11.0. The monoisotopic (exact) mass is 279 g/mol. The predicted molar refractivity (Wildman–Crippen MR) is 75.7 cm³/mol. The number of nitrogens with two attached hydrogens (primary N) is 1. The largest absolute Gasteiger partial charge is 0.325 e. The zero-order valence-corrected chi connectivity index (χ0v) is 11.7. The summed E-state index contributed by atoms with van der Waals surface area (Å²) < 4.78 is 1.81. The first-order chi connectivity index (χ1) is 9.19. The van der Waals surface area contributed by atoms with Gasteiger partial charge in [0.25, 0.3) is 0 Å². The topological polar surface area (TPSA) is 60.0 Å². The van der Waals surface area contributed by atoms with Crippen molar-refractivity contribution in [2.75, 3.05) is 13.6 Å². The third-order valence-electron chi connectivity index (χ3n) is 2.90. The summed E-state index contributed by atoms with van der Waals surface area (Å²) in [5.74, 6) is 0. The van der Waals surface area contributed by atoms with Gasteiger partial charge in [-0.2, -0.15) is 0 Å². The molecule has 1 aromatic carbocycles. The van der Waals surface area contributed by atoms with Crippen LogP contribution >= 0.6 is 11.6 Å². The van der Waals surface area contributed by atoms with E-state index in [-0.39, 0.29) is 0 Å². The van der Waals surface area contributed by atoms with Gasteiger partial charge in [-0.25, -0.2) is 0 Å². The van der Waals surface area contributed by atoms with Crippen molar-refractivity contribution in [2.24, 2.45) is 5.73 Å². The van der Waals surface area contributed by atoms with Gasteiger partial charge in [-0.3, -0.25) is 4.68 Å². The third-order valence-corrected chi connectivity index (χ3v) is 3.27. The molecule has 1 heterocycles. The van der Waals surface area contributed by atoms with E-state index in [1.54, 1.807) is 0 Å². The first kappa shape index (κ1) is 14.0. The van der Waals surface area contributed by atoms with Crippen molar-refractivity contribution < 1.29 is 0 Å². The van der Waals surface area contributed by atoms with Crippen molar-refractivity contribution in [1.29, 1.82) is 0 Å². The van der Waals surface area contributed by atoms with Crippen LogP contribution in [0.2, 0.25) is 5.02 Å². The highest BCUT2D eigenvalue weighted by molar-refractivity contribution is 6.31. The fourth-order valence-corrected chi connectivity index (χ4v) is 2.01. The van der Waals surface area contributed by atoms with Crippen molar-refractivity contribution in [3.8, 4) is 0 Å².